The molecular weight excluding hydrogens is 420 g/mol. The Labute approximate surface area is 189 Å². The van der Waals surface area contributed by atoms with Crippen LogP contribution in [-0.4, -0.2) is 27.3 Å². The third kappa shape index (κ3) is 5.08. The summed E-state index contributed by atoms with van der Waals surface area (Å²) in [6, 6.07) is 20.3. The van der Waals surface area contributed by atoms with Crippen molar-refractivity contribution in [1.29, 1.82) is 0 Å². The number of aromatic carboxylic acids is 1. The van der Waals surface area contributed by atoms with E-state index < -0.39 is 5.97 Å². The van der Waals surface area contributed by atoms with Crippen LogP contribution in [0.25, 0.3) is 10.9 Å². The molecule has 0 fully saturated rings. The van der Waals surface area contributed by atoms with E-state index in [-0.39, 0.29) is 11.1 Å². The minimum Gasteiger partial charge on any atom is -0.478 e. The van der Waals surface area contributed by atoms with Crippen LogP contribution in [0.1, 0.15) is 32.9 Å². The molecule has 1 aromatic heterocycles. The quantitative estimate of drug-likeness (QED) is 0.352. The second kappa shape index (κ2) is 9.54. The molecule has 0 atom stereocenters. The van der Waals surface area contributed by atoms with Crippen LogP contribution in [0.2, 0.25) is 0 Å². The van der Waals surface area contributed by atoms with Gasteiger partial charge in [0.15, 0.2) is 0 Å². The van der Waals surface area contributed by atoms with E-state index in [2.05, 4.69) is 46.1 Å². The molecule has 0 spiro atoms. The Hall–Kier alpha value is -3.82. The van der Waals surface area contributed by atoms with Gasteiger partial charge in [0.25, 0.3) is 5.56 Å². The average Bonchev–Trinajstić information content (AvgIpc) is 2.80. The fourth-order valence-corrected chi connectivity index (χ4v) is 3.71. The Balaban J connectivity index is 1.52. The Bertz CT molecular complexity index is 1400. The molecular formula is C26H20N2O3S. The van der Waals surface area contributed by atoms with Gasteiger partial charge >= 0.3 is 5.97 Å². The highest BCUT2D eigenvalue weighted by Gasteiger charge is 2.07. The number of aromatic nitrogens is 2. The van der Waals surface area contributed by atoms with Gasteiger partial charge in [-0.3, -0.25) is 4.79 Å². The molecule has 0 unspecified atom stereocenters. The summed E-state index contributed by atoms with van der Waals surface area (Å²) in [5, 5.41) is 9.50. The van der Waals surface area contributed by atoms with Gasteiger partial charge in [-0.2, -0.15) is 0 Å². The van der Waals surface area contributed by atoms with E-state index in [0.29, 0.717) is 29.6 Å². The zero-order valence-corrected chi connectivity index (χ0v) is 18.2. The van der Waals surface area contributed by atoms with Gasteiger partial charge in [-0.1, -0.05) is 36.1 Å². The summed E-state index contributed by atoms with van der Waals surface area (Å²) in [5.74, 6) is 5.85. The van der Waals surface area contributed by atoms with E-state index in [9.17, 15) is 9.59 Å². The molecule has 0 aliphatic rings. The van der Waals surface area contributed by atoms with E-state index >= 15 is 0 Å². The maximum Gasteiger partial charge on any atom is 0.335 e. The summed E-state index contributed by atoms with van der Waals surface area (Å²) >= 11 is 1.71. The number of aromatic amines is 1. The lowest BCUT2D eigenvalue weighted by molar-refractivity contribution is 0.0697. The van der Waals surface area contributed by atoms with Gasteiger partial charge < -0.3 is 10.1 Å². The fraction of sp³-hybridized carbons (Fsp3) is 0.115. The smallest absolute Gasteiger partial charge is 0.335 e. The fourth-order valence-electron chi connectivity index (χ4n) is 3.30. The average molecular weight is 441 g/mol. The van der Waals surface area contributed by atoms with Crippen LogP contribution in [0.4, 0.5) is 0 Å². The van der Waals surface area contributed by atoms with Gasteiger partial charge in [0, 0.05) is 23.3 Å². The summed E-state index contributed by atoms with van der Waals surface area (Å²) < 4.78 is 0. The number of rotatable bonds is 5. The van der Waals surface area contributed by atoms with Gasteiger partial charge in [-0.15, -0.1) is 11.8 Å². The molecule has 2 N–H and O–H groups in total. The number of fused-ring (bicyclic) bond motifs is 1. The molecule has 5 nitrogen and oxygen atoms in total. The first-order chi connectivity index (χ1) is 15.5. The first-order valence-electron chi connectivity index (χ1n) is 9.99. The van der Waals surface area contributed by atoms with Crippen molar-refractivity contribution in [3.8, 4) is 11.8 Å². The van der Waals surface area contributed by atoms with E-state index in [0.717, 1.165) is 16.7 Å². The minimum absolute atomic E-state index is 0.219. The highest BCUT2D eigenvalue weighted by molar-refractivity contribution is 7.98. The Morgan fingerprint density at radius 2 is 1.75 bits per heavy atom. The number of nitrogens with zero attached hydrogens (tertiary/aromatic N) is 1. The predicted molar refractivity (Wildman–Crippen MR) is 127 cm³/mol. The zero-order chi connectivity index (χ0) is 22.5. The number of thioether (sulfide) groups is 1. The zero-order valence-electron chi connectivity index (χ0n) is 17.4. The molecule has 0 radical (unpaired) electrons. The molecule has 0 saturated heterocycles. The first kappa shape index (κ1) is 21.4. The summed E-state index contributed by atoms with van der Waals surface area (Å²) in [5.41, 5.74) is 3.39. The topological polar surface area (TPSA) is 83.0 Å². The number of benzene rings is 3. The minimum atomic E-state index is -0.971. The van der Waals surface area contributed by atoms with Crippen molar-refractivity contribution in [2.24, 2.45) is 0 Å². The van der Waals surface area contributed by atoms with Crippen LogP contribution in [0, 0.1) is 11.8 Å². The molecule has 158 valence electrons. The van der Waals surface area contributed by atoms with Crippen LogP contribution in [0.5, 0.6) is 0 Å². The Morgan fingerprint density at radius 3 is 2.44 bits per heavy atom. The van der Waals surface area contributed by atoms with E-state index in [4.69, 9.17) is 5.11 Å². The maximum absolute atomic E-state index is 12.6. The van der Waals surface area contributed by atoms with Crippen molar-refractivity contribution in [2.75, 3.05) is 6.26 Å². The monoisotopic (exact) mass is 440 g/mol. The Morgan fingerprint density at radius 1 is 1.03 bits per heavy atom. The molecule has 0 saturated carbocycles. The molecule has 4 aromatic rings. The standard InChI is InChI=1S/C26H20N2O3S/c1-32-21-12-7-17(8-13-21)3-2-4-18-9-14-23-22(15-18)25(29)28-24(27-23)16-19-5-10-20(11-6-19)26(30)31/h5-15H,3,16H2,1H3,(H,30,31)(H,27,28,29). The van der Waals surface area contributed by atoms with Gasteiger partial charge in [0.05, 0.1) is 16.5 Å². The van der Waals surface area contributed by atoms with Crippen molar-refractivity contribution in [2.45, 2.75) is 17.7 Å². The van der Waals surface area contributed by atoms with Crippen molar-refractivity contribution < 1.29 is 9.90 Å². The third-order valence-electron chi connectivity index (χ3n) is 5.01. The lowest BCUT2D eigenvalue weighted by atomic mass is 10.1. The molecule has 32 heavy (non-hydrogen) atoms. The molecule has 0 amide bonds. The van der Waals surface area contributed by atoms with Gasteiger partial charge in [-0.05, 0) is 59.8 Å². The largest absolute Gasteiger partial charge is 0.478 e. The molecule has 4 rings (SSSR count). The molecule has 0 aliphatic heterocycles. The highest BCUT2D eigenvalue weighted by Crippen LogP contribution is 2.15. The summed E-state index contributed by atoms with van der Waals surface area (Å²) in [6.07, 6.45) is 3.09. The van der Waals surface area contributed by atoms with Gasteiger partial charge in [0.2, 0.25) is 0 Å². The van der Waals surface area contributed by atoms with Crippen molar-refractivity contribution >= 4 is 28.6 Å². The van der Waals surface area contributed by atoms with Crippen LogP contribution >= 0.6 is 11.8 Å². The molecule has 3 aromatic carbocycles. The SMILES string of the molecule is CSc1ccc(CC#Cc2ccc3nc(Cc4ccc(C(=O)O)cc4)[nH]c(=O)c3c2)cc1. The molecule has 6 heteroatoms. The number of carboxylic acid groups (broad SMARTS) is 1. The van der Waals surface area contributed by atoms with Crippen LogP contribution in [0.3, 0.4) is 0 Å². The third-order valence-corrected chi connectivity index (χ3v) is 5.75. The van der Waals surface area contributed by atoms with E-state index in [1.165, 1.54) is 4.90 Å². The second-order valence-electron chi connectivity index (χ2n) is 7.25. The van der Waals surface area contributed by atoms with Crippen molar-refractivity contribution in [3.63, 3.8) is 0 Å². The number of carboxylic acids is 1. The van der Waals surface area contributed by atoms with Crippen LogP contribution < -0.4 is 5.56 Å². The van der Waals surface area contributed by atoms with Gasteiger partial charge in [-0.25, -0.2) is 9.78 Å². The maximum atomic E-state index is 12.6. The first-order valence-corrected chi connectivity index (χ1v) is 11.2. The highest BCUT2D eigenvalue weighted by atomic mass is 32.2. The number of carbonyl (C=O) groups is 1. The van der Waals surface area contributed by atoms with Crippen LogP contribution in [0.15, 0.2) is 76.4 Å². The lowest BCUT2D eigenvalue weighted by Gasteiger charge is -2.04. The van der Waals surface area contributed by atoms with Crippen molar-refractivity contribution in [1.82, 2.24) is 9.97 Å². The van der Waals surface area contributed by atoms with Gasteiger partial charge in [0.1, 0.15) is 5.82 Å². The molecule has 0 bridgehead atoms. The number of H-pyrrole nitrogens is 1. The number of hydrogen-bond donors (Lipinski definition) is 2. The summed E-state index contributed by atoms with van der Waals surface area (Å²) in [6.45, 7) is 0. The van der Waals surface area contributed by atoms with Crippen molar-refractivity contribution in [3.05, 3.63) is 105 Å². The summed E-state index contributed by atoms with van der Waals surface area (Å²) in [7, 11) is 0. The summed E-state index contributed by atoms with van der Waals surface area (Å²) in [4.78, 5) is 32.2. The number of hydrogen-bond acceptors (Lipinski definition) is 4. The van der Waals surface area contributed by atoms with E-state index in [1.54, 1.807) is 48.2 Å². The lowest BCUT2D eigenvalue weighted by Crippen LogP contribution is -2.12. The molecule has 0 aliphatic carbocycles. The van der Waals surface area contributed by atoms with Crippen LogP contribution in [-0.2, 0) is 12.8 Å². The Kier molecular flexibility index (Phi) is 6.39. The normalized spacial score (nSPS) is 10.5. The second-order valence-corrected chi connectivity index (χ2v) is 8.13. The van der Waals surface area contributed by atoms with E-state index in [1.807, 2.05) is 12.3 Å². The predicted octanol–water partition coefficient (Wildman–Crippen LogP) is 4.53. The number of nitrogens with one attached hydrogen (secondary N) is 1. The molecule has 1 heterocycles.